The lowest BCUT2D eigenvalue weighted by molar-refractivity contribution is -0.120. The van der Waals surface area contributed by atoms with E-state index in [9.17, 15) is 4.79 Å². The van der Waals surface area contributed by atoms with Crippen LogP contribution in [0.3, 0.4) is 0 Å². The number of benzene rings is 1. The highest BCUT2D eigenvalue weighted by molar-refractivity contribution is 5.98. The molecular formula is C22H33N7O. The molecule has 2 aromatic rings. The Morgan fingerprint density at radius 2 is 2.00 bits per heavy atom. The lowest BCUT2D eigenvalue weighted by atomic mass is 10.1. The highest BCUT2D eigenvalue weighted by Crippen LogP contribution is 2.16. The molecule has 0 saturated carbocycles. The number of guanidine groups is 1. The minimum Gasteiger partial charge on any atom is -0.352 e. The van der Waals surface area contributed by atoms with Crippen molar-refractivity contribution in [2.45, 2.75) is 26.9 Å². The van der Waals surface area contributed by atoms with Crippen molar-refractivity contribution in [1.29, 1.82) is 0 Å². The van der Waals surface area contributed by atoms with Gasteiger partial charge in [-0.05, 0) is 24.2 Å². The molecule has 1 saturated heterocycles. The molecule has 3 rings (SSSR count). The molecule has 1 aromatic heterocycles. The molecule has 0 aliphatic carbocycles. The van der Waals surface area contributed by atoms with E-state index < -0.39 is 0 Å². The van der Waals surface area contributed by atoms with E-state index in [1.165, 1.54) is 11.1 Å². The highest BCUT2D eigenvalue weighted by Gasteiger charge is 2.27. The van der Waals surface area contributed by atoms with Crippen molar-refractivity contribution in [2.24, 2.45) is 12.0 Å². The number of amides is 1. The van der Waals surface area contributed by atoms with Crippen molar-refractivity contribution in [3.63, 3.8) is 0 Å². The number of carbonyl (C=O) groups is 1. The van der Waals surface area contributed by atoms with Gasteiger partial charge < -0.3 is 15.1 Å². The van der Waals surface area contributed by atoms with E-state index in [0.717, 1.165) is 37.8 Å². The van der Waals surface area contributed by atoms with Gasteiger partial charge in [0.1, 0.15) is 6.54 Å². The first kappa shape index (κ1) is 21.8. The molecule has 0 spiro atoms. The number of aromatic nitrogens is 2. The van der Waals surface area contributed by atoms with Gasteiger partial charge in [-0.15, -0.1) is 0 Å². The molecule has 30 heavy (non-hydrogen) atoms. The summed E-state index contributed by atoms with van der Waals surface area (Å²) >= 11 is 0. The summed E-state index contributed by atoms with van der Waals surface area (Å²) in [7, 11) is 3.62. The van der Waals surface area contributed by atoms with Crippen molar-refractivity contribution < 1.29 is 4.79 Å². The van der Waals surface area contributed by atoms with Gasteiger partial charge in [-0.25, -0.2) is 0 Å². The van der Waals surface area contributed by atoms with Gasteiger partial charge in [0.15, 0.2) is 5.96 Å². The van der Waals surface area contributed by atoms with E-state index in [0.29, 0.717) is 19.6 Å². The maximum Gasteiger partial charge on any atom is 0.246 e. The Balaban J connectivity index is 1.57. The Labute approximate surface area is 179 Å². The predicted octanol–water partition coefficient (Wildman–Crippen LogP) is 1.69. The van der Waals surface area contributed by atoms with Crippen molar-refractivity contribution in [1.82, 2.24) is 24.9 Å². The first-order valence-electron chi connectivity index (χ1n) is 10.6. The van der Waals surface area contributed by atoms with Gasteiger partial charge in [-0.3, -0.25) is 19.4 Å². The van der Waals surface area contributed by atoms with Gasteiger partial charge in [0.25, 0.3) is 0 Å². The largest absolute Gasteiger partial charge is 0.352 e. The number of hydrogen-bond donors (Lipinski definition) is 1. The summed E-state index contributed by atoms with van der Waals surface area (Å²) in [5, 5.41) is 7.58. The Morgan fingerprint density at radius 1 is 1.23 bits per heavy atom. The molecule has 1 aliphatic heterocycles. The SMILES string of the molecule is CCN(CC)Cc1cccc(CNC(=NC)N2CCN(c3cnn(C)c3)C(=O)C2)c1. The van der Waals surface area contributed by atoms with Crippen molar-refractivity contribution >= 4 is 17.6 Å². The fourth-order valence-corrected chi connectivity index (χ4v) is 3.73. The molecule has 162 valence electrons. The van der Waals surface area contributed by atoms with Crippen LogP contribution in [-0.4, -0.2) is 71.2 Å². The van der Waals surface area contributed by atoms with E-state index in [2.05, 4.69) is 58.4 Å². The molecule has 1 aromatic carbocycles. The van der Waals surface area contributed by atoms with Gasteiger partial charge in [-0.2, -0.15) is 5.10 Å². The molecule has 1 fully saturated rings. The third-order valence-corrected chi connectivity index (χ3v) is 5.48. The van der Waals surface area contributed by atoms with Crippen LogP contribution in [0, 0.1) is 0 Å². The van der Waals surface area contributed by atoms with E-state index in [4.69, 9.17) is 0 Å². The second-order valence-corrected chi connectivity index (χ2v) is 7.52. The predicted molar refractivity (Wildman–Crippen MR) is 120 cm³/mol. The Hall–Kier alpha value is -2.87. The van der Waals surface area contributed by atoms with Crippen LogP contribution in [0.15, 0.2) is 41.7 Å². The average Bonchev–Trinajstić information content (AvgIpc) is 3.18. The molecule has 0 radical (unpaired) electrons. The molecule has 0 bridgehead atoms. The Kier molecular flexibility index (Phi) is 7.46. The Bertz CT molecular complexity index is 872. The zero-order valence-corrected chi connectivity index (χ0v) is 18.5. The molecule has 0 unspecified atom stereocenters. The molecule has 1 N–H and O–H groups in total. The summed E-state index contributed by atoms with van der Waals surface area (Å²) in [6.07, 6.45) is 3.59. The standard InChI is InChI=1S/C22H33N7O/c1-5-27(6-2)15-19-9-7-8-18(12-19)13-24-22(23-3)28-10-11-29(21(30)17-28)20-14-25-26(4)16-20/h7-9,12,14,16H,5-6,10-11,13,15,17H2,1-4H3,(H,23,24). The van der Waals surface area contributed by atoms with Crippen LogP contribution in [0.4, 0.5) is 5.69 Å². The zero-order chi connectivity index (χ0) is 21.5. The molecule has 2 heterocycles. The van der Waals surface area contributed by atoms with Gasteiger partial charge >= 0.3 is 0 Å². The first-order chi connectivity index (χ1) is 14.5. The van der Waals surface area contributed by atoms with Crippen molar-refractivity contribution in [3.05, 3.63) is 47.8 Å². The summed E-state index contributed by atoms with van der Waals surface area (Å²) in [6.45, 7) is 9.75. The van der Waals surface area contributed by atoms with Crippen LogP contribution < -0.4 is 10.2 Å². The van der Waals surface area contributed by atoms with Gasteiger partial charge in [0.05, 0.1) is 11.9 Å². The quantitative estimate of drug-likeness (QED) is 0.555. The van der Waals surface area contributed by atoms with Crippen LogP contribution in [0.25, 0.3) is 0 Å². The summed E-state index contributed by atoms with van der Waals surface area (Å²) < 4.78 is 1.71. The van der Waals surface area contributed by atoms with Gasteiger partial charge in [0.2, 0.25) is 5.91 Å². The lowest BCUT2D eigenvalue weighted by Crippen LogP contribution is -2.55. The maximum absolute atomic E-state index is 12.7. The van der Waals surface area contributed by atoms with Gasteiger partial charge in [-0.1, -0.05) is 38.1 Å². The second kappa shape index (κ2) is 10.2. The number of aryl methyl sites for hydroxylation is 1. The van der Waals surface area contributed by atoms with Crippen LogP contribution in [0.5, 0.6) is 0 Å². The van der Waals surface area contributed by atoms with E-state index in [1.807, 2.05) is 18.1 Å². The summed E-state index contributed by atoms with van der Waals surface area (Å²) in [6, 6.07) is 8.64. The maximum atomic E-state index is 12.7. The fourth-order valence-electron chi connectivity index (χ4n) is 3.73. The fraction of sp³-hybridized carbons (Fsp3) is 0.500. The Morgan fingerprint density at radius 3 is 2.63 bits per heavy atom. The normalized spacial score (nSPS) is 15.2. The molecule has 0 atom stereocenters. The van der Waals surface area contributed by atoms with Crippen molar-refractivity contribution in [2.75, 3.05) is 44.7 Å². The van der Waals surface area contributed by atoms with Crippen LogP contribution in [0.2, 0.25) is 0 Å². The average molecular weight is 412 g/mol. The zero-order valence-electron chi connectivity index (χ0n) is 18.5. The number of piperazine rings is 1. The van der Waals surface area contributed by atoms with Crippen LogP contribution in [0.1, 0.15) is 25.0 Å². The van der Waals surface area contributed by atoms with Gasteiger partial charge in [0, 0.05) is 46.5 Å². The summed E-state index contributed by atoms with van der Waals surface area (Å²) in [5.74, 6) is 0.807. The summed E-state index contributed by atoms with van der Waals surface area (Å²) in [4.78, 5) is 23.3. The minimum absolute atomic E-state index is 0.0541. The van der Waals surface area contributed by atoms with Crippen molar-refractivity contribution in [3.8, 4) is 0 Å². The van der Waals surface area contributed by atoms with Crippen LogP contribution in [-0.2, 0) is 24.9 Å². The number of carbonyl (C=O) groups excluding carboxylic acids is 1. The first-order valence-corrected chi connectivity index (χ1v) is 10.6. The monoisotopic (exact) mass is 411 g/mol. The number of anilines is 1. The third kappa shape index (κ3) is 5.38. The second-order valence-electron chi connectivity index (χ2n) is 7.52. The number of nitrogens with zero attached hydrogens (tertiary/aromatic N) is 6. The van der Waals surface area contributed by atoms with E-state index in [-0.39, 0.29) is 5.91 Å². The molecule has 8 nitrogen and oxygen atoms in total. The summed E-state index contributed by atoms with van der Waals surface area (Å²) in [5.41, 5.74) is 3.37. The minimum atomic E-state index is 0.0541. The number of aliphatic imine (C=N–C) groups is 1. The molecule has 1 amide bonds. The number of nitrogens with one attached hydrogen (secondary N) is 1. The number of hydrogen-bond acceptors (Lipinski definition) is 4. The molecule has 8 heteroatoms. The highest BCUT2D eigenvalue weighted by atomic mass is 16.2. The third-order valence-electron chi connectivity index (χ3n) is 5.48. The molecule has 1 aliphatic rings. The lowest BCUT2D eigenvalue weighted by Gasteiger charge is -2.35. The topological polar surface area (TPSA) is 69.0 Å². The smallest absolute Gasteiger partial charge is 0.246 e. The van der Waals surface area contributed by atoms with Crippen LogP contribution >= 0.6 is 0 Å². The van der Waals surface area contributed by atoms with E-state index in [1.54, 1.807) is 22.8 Å². The number of rotatable bonds is 7. The molecular weight excluding hydrogens is 378 g/mol. The van der Waals surface area contributed by atoms with E-state index >= 15 is 0 Å².